The lowest BCUT2D eigenvalue weighted by atomic mass is 10.0. The van der Waals surface area contributed by atoms with E-state index in [4.69, 9.17) is 4.74 Å². The molecule has 5 heteroatoms. The average molecular weight is 380 g/mol. The van der Waals surface area contributed by atoms with Crippen molar-refractivity contribution in [1.82, 2.24) is 5.32 Å². The molecule has 3 rings (SSSR count). The zero-order valence-corrected chi connectivity index (χ0v) is 17.0. The van der Waals surface area contributed by atoms with Crippen molar-refractivity contribution in [2.24, 2.45) is 0 Å². The first kappa shape index (κ1) is 20.1. The van der Waals surface area contributed by atoms with E-state index in [0.717, 1.165) is 16.8 Å². The highest BCUT2D eigenvalue weighted by Crippen LogP contribution is 2.22. The summed E-state index contributed by atoms with van der Waals surface area (Å²) in [7, 11) is 0. The number of ether oxygens (including phenoxy) is 1. The van der Waals surface area contributed by atoms with E-state index >= 15 is 0 Å². The molecular weight excluding hydrogens is 352 g/mol. The summed E-state index contributed by atoms with van der Waals surface area (Å²) in [4.78, 5) is 26.5. The molecule has 2 amide bonds. The van der Waals surface area contributed by atoms with Gasteiger partial charge in [-0.1, -0.05) is 32.0 Å². The Bertz CT molecular complexity index is 859. The molecule has 1 aliphatic heterocycles. The molecule has 1 N–H and O–H groups in total. The molecule has 0 aromatic heterocycles. The molecule has 0 radical (unpaired) electrons. The van der Waals surface area contributed by atoms with Gasteiger partial charge < -0.3 is 15.0 Å². The second-order valence-electron chi connectivity index (χ2n) is 7.69. The third kappa shape index (κ3) is 4.60. The summed E-state index contributed by atoms with van der Waals surface area (Å²) in [5.41, 5.74) is 4.98. The number of nitrogens with one attached hydrogen (secondary N) is 1. The van der Waals surface area contributed by atoms with Gasteiger partial charge in [-0.15, -0.1) is 0 Å². The van der Waals surface area contributed by atoms with Crippen LogP contribution in [0.25, 0.3) is 0 Å². The minimum absolute atomic E-state index is 0.0239. The smallest absolute Gasteiger partial charge is 0.253 e. The van der Waals surface area contributed by atoms with Crippen LogP contribution >= 0.6 is 0 Å². The van der Waals surface area contributed by atoms with Crippen LogP contribution in [0.3, 0.4) is 0 Å². The van der Waals surface area contributed by atoms with Gasteiger partial charge in [-0.2, -0.15) is 0 Å². The second kappa shape index (κ2) is 8.57. The fourth-order valence-corrected chi connectivity index (χ4v) is 3.23. The van der Waals surface area contributed by atoms with E-state index in [-0.39, 0.29) is 24.5 Å². The number of nitrogens with zero attached hydrogens (tertiary/aromatic N) is 1. The van der Waals surface area contributed by atoms with Gasteiger partial charge in [-0.05, 0) is 60.7 Å². The highest BCUT2D eigenvalue weighted by atomic mass is 16.5. The molecule has 1 atom stereocenters. The predicted molar refractivity (Wildman–Crippen MR) is 111 cm³/mol. The van der Waals surface area contributed by atoms with E-state index < -0.39 is 0 Å². The Labute approximate surface area is 166 Å². The molecule has 0 aliphatic carbocycles. The molecule has 0 spiro atoms. The summed E-state index contributed by atoms with van der Waals surface area (Å²) in [6, 6.07) is 13.7. The molecular formula is C23H28N2O3. The Morgan fingerprint density at radius 1 is 1.14 bits per heavy atom. The van der Waals surface area contributed by atoms with Gasteiger partial charge in [0.15, 0.2) is 0 Å². The standard InChI is InChI=1S/C23H28N2O3/c1-15(2)18-7-9-20(10-8-18)25-13-21(28-14-22(25)26)12-24-23(27)19-6-5-16(3)17(4)11-19/h5-11,15,21H,12-14H2,1-4H3,(H,24,27). The number of aryl methyl sites for hydroxylation is 2. The highest BCUT2D eigenvalue weighted by molar-refractivity contribution is 5.95. The van der Waals surface area contributed by atoms with Crippen LogP contribution in [0.4, 0.5) is 5.69 Å². The summed E-state index contributed by atoms with van der Waals surface area (Å²) in [5.74, 6) is 0.258. The van der Waals surface area contributed by atoms with E-state index in [1.807, 2.05) is 44.2 Å². The zero-order valence-electron chi connectivity index (χ0n) is 17.0. The lowest BCUT2D eigenvalue weighted by Gasteiger charge is -2.33. The Hall–Kier alpha value is -2.66. The fourth-order valence-electron chi connectivity index (χ4n) is 3.23. The van der Waals surface area contributed by atoms with E-state index in [9.17, 15) is 9.59 Å². The van der Waals surface area contributed by atoms with Crippen LogP contribution in [0.5, 0.6) is 0 Å². The largest absolute Gasteiger partial charge is 0.365 e. The first-order valence-corrected chi connectivity index (χ1v) is 9.72. The summed E-state index contributed by atoms with van der Waals surface area (Å²) in [6.45, 7) is 9.10. The summed E-state index contributed by atoms with van der Waals surface area (Å²) >= 11 is 0. The van der Waals surface area contributed by atoms with Crippen molar-refractivity contribution in [3.8, 4) is 0 Å². The molecule has 1 aliphatic rings. The van der Waals surface area contributed by atoms with Gasteiger partial charge in [0.2, 0.25) is 0 Å². The van der Waals surface area contributed by atoms with Crippen molar-refractivity contribution in [1.29, 1.82) is 0 Å². The number of benzene rings is 2. The topological polar surface area (TPSA) is 58.6 Å². The van der Waals surface area contributed by atoms with Gasteiger partial charge in [-0.25, -0.2) is 0 Å². The van der Waals surface area contributed by atoms with Crippen LogP contribution in [0, 0.1) is 13.8 Å². The van der Waals surface area contributed by atoms with Crippen molar-refractivity contribution in [3.63, 3.8) is 0 Å². The third-order valence-corrected chi connectivity index (χ3v) is 5.26. The maximum atomic E-state index is 12.4. The fraction of sp³-hybridized carbons (Fsp3) is 0.391. The average Bonchev–Trinajstić information content (AvgIpc) is 2.69. The molecule has 1 heterocycles. The molecule has 148 valence electrons. The summed E-state index contributed by atoms with van der Waals surface area (Å²) < 4.78 is 5.63. The van der Waals surface area contributed by atoms with Gasteiger partial charge in [0.25, 0.3) is 11.8 Å². The maximum absolute atomic E-state index is 12.4. The molecule has 1 fully saturated rings. The lowest BCUT2D eigenvalue weighted by molar-refractivity contribution is -0.129. The van der Waals surface area contributed by atoms with Crippen molar-refractivity contribution >= 4 is 17.5 Å². The number of morpholine rings is 1. The summed E-state index contributed by atoms with van der Waals surface area (Å²) in [5, 5.41) is 2.92. The van der Waals surface area contributed by atoms with Gasteiger partial charge in [0.1, 0.15) is 6.61 Å². The minimum atomic E-state index is -0.238. The van der Waals surface area contributed by atoms with Crippen molar-refractivity contribution in [3.05, 3.63) is 64.7 Å². The molecule has 0 saturated carbocycles. The number of carbonyl (C=O) groups is 2. The van der Waals surface area contributed by atoms with E-state index in [0.29, 0.717) is 24.6 Å². The number of hydrogen-bond acceptors (Lipinski definition) is 3. The van der Waals surface area contributed by atoms with E-state index in [1.165, 1.54) is 5.56 Å². The zero-order chi connectivity index (χ0) is 20.3. The number of anilines is 1. The first-order chi connectivity index (χ1) is 13.3. The second-order valence-corrected chi connectivity index (χ2v) is 7.69. The maximum Gasteiger partial charge on any atom is 0.253 e. The SMILES string of the molecule is Cc1ccc(C(=O)NCC2CN(c3ccc(C(C)C)cc3)C(=O)CO2)cc1C. The molecule has 2 aromatic carbocycles. The van der Waals surface area contributed by atoms with E-state index in [1.54, 1.807) is 4.90 Å². The Balaban J connectivity index is 1.61. The minimum Gasteiger partial charge on any atom is -0.365 e. The van der Waals surface area contributed by atoms with Gasteiger partial charge in [-0.3, -0.25) is 9.59 Å². The quantitative estimate of drug-likeness (QED) is 0.862. The summed E-state index contributed by atoms with van der Waals surface area (Å²) in [6.07, 6.45) is -0.238. The number of hydrogen-bond donors (Lipinski definition) is 1. The van der Waals surface area contributed by atoms with E-state index in [2.05, 4.69) is 31.3 Å². The van der Waals surface area contributed by atoms with Crippen LogP contribution < -0.4 is 10.2 Å². The predicted octanol–water partition coefficient (Wildman–Crippen LogP) is 3.59. The lowest BCUT2D eigenvalue weighted by Crippen LogP contribution is -2.50. The first-order valence-electron chi connectivity index (χ1n) is 9.72. The van der Waals surface area contributed by atoms with Gasteiger partial charge >= 0.3 is 0 Å². The van der Waals surface area contributed by atoms with Crippen LogP contribution in [-0.4, -0.2) is 37.6 Å². The Kier molecular flexibility index (Phi) is 6.15. The number of amides is 2. The third-order valence-electron chi connectivity index (χ3n) is 5.26. The van der Waals surface area contributed by atoms with Crippen LogP contribution in [0.2, 0.25) is 0 Å². The van der Waals surface area contributed by atoms with Crippen molar-refractivity contribution < 1.29 is 14.3 Å². The monoisotopic (exact) mass is 380 g/mol. The normalized spacial score (nSPS) is 17.1. The van der Waals surface area contributed by atoms with Gasteiger partial charge in [0.05, 0.1) is 12.6 Å². The van der Waals surface area contributed by atoms with Crippen LogP contribution in [-0.2, 0) is 9.53 Å². The number of carbonyl (C=O) groups excluding carboxylic acids is 2. The molecule has 2 aromatic rings. The van der Waals surface area contributed by atoms with Crippen molar-refractivity contribution in [2.45, 2.75) is 39.7 Å². The Morgan fingerprint density at radius 2 is 1.86 bits per heavy atom. The van der Waals surface area contributed by atoms with Crippen LogP contribution in [0.15, 0.2) is 42.5 Å². The van der Waals surface area contributed by atoms with Crippen molar-refractivity contribution in [2.75, 3.05) is 24.6 Å². The highest BCUT2D eigenvalue weighted by Gasteiger charge is 2.27. The van der Waals surface area contributed by atoms with Gasteiger partial charge in [0, 0.05) is 17.8 Å². The Morgan fingerprint density at radius 3 is 2.50 bits per heavy atom. The van der Waals surface area contributed by atoms with Crippen LogP contribution in [0.1, 0.15) is 46.8 Å². The molecule has 0 bridgehead atoms. The molecule has 1 unspecified atom stereocenters. The number of rotatable bonds is 5. The molecule has 5 nitrogen and oxygen atoms in total. The molecule has 28 heavy (non-hydrogen) atoms. The molecule has 1 saturated heterocycles.